The Balaban J connectivity index is 1.80. The number of hydrogen-bond donors (Lipinski definition) is 1. The molecule has 24 heavy (non-hydrogen) atoms. The highest BCUT2D eigenvalue weighted by molar-refractivity contribution is 5.77. The molecule has 1 aliphatic heterocycles. The molecule has 2 rings (SSSR count). The molecule has 1 aromatic rings. The Labute approximate surface area is 145 Å². The summed E-state index contributed by atoms with van der Waals surface area (Å²) in [6, 6.07) is 6.30. The summed E-state index contributed by atoms with van der Waals surface area (Å²) in [5.41, 5.74) is 2.24. The Morgan fingerprint density at radius 3 is 2.62 bits per heavy atom. The number of morpholine rings is 1. The van der Waals surface area contributed by atoms with E-state index in [2.05, 4.69) is 30.1 Å². The van der Waals surface area contributed by atoms with Gasteiger partial charge in [0.25, 0.3) is 5.91 Å². The quantitative estimate of drug-likeness (QED) is 0.830. The van der Waals surface area contributed by atoms with Gasteiger partial charge in [0.1, 0.15) is 5.75 Å². The van der Waals surface area contributed by atoms with Crippen LogP contribution < -0.4 is 10.1 Å². The van der Waals surface area contributed by atoms with Gasteiger partial charge in [0.05, 0.1) is 13.2 Å². The molecule has 1 fully saturated rings. The minimum Gasteiger partial charge on any atom is -0.484 e. The molecule has 1 N–H and O–H groups in total. The number of ether oxygens (including phenoxy) is 2. The van der Waals surface area contributed by atoms with E-state index in [-0.39, 0.29) is 12.5 Å². The van der Waals surface area contributed by atoms with Gasteiger partial charge in [-0.05, 0) is 31.4 Å². The molecule has 1 aromatic carbocycles. The SMILES string of the molecule is Cc1ccc(OCC(=O)NCC(C(C)C)N2CCOCC2)c(C)c1. The van der Waals surface area contributed by atoms with Gasteiger partial charge in [-0.1, -0.05) is 31.5 Å². The van der Waals surface area contributed by atoms with Gasteiger partial charge in [-0.2, -0.15) is 0 Å². The molecule has 0 spiro atoms. The largest absolute Gasteiger partial charge is 0.484 e. The van der Waals surface area contributed by atoms with Crippen LogP contribution in [0.2, 0.25) is 0 Å². The van der Waals surface area contributed by atoms with Crippen molar-refractivity contribution in [1.29, 1.82) is 0 Å². The van der Waals surface area contributed by atoms with Crippen LogP contribution in [0.3, 0.4) is 0 Å². The first-order valence-corrected chi connectivity index (χ1v) is 8.76. The second-order valence-electron chi connectivity index (χ2n) is 6.82. The molecular formula is C19H30N2O3. The standard InChI is InChI=1S/C19H30N2O3/c1-14(2)17(21-7-9-23-10-8-21)12-20-19(22)13-24-18-6-5-15(3)11-16(18)4/h5-6,11,14,17H,7-10,12-13H2,1-4H3,(H,20,22). The van der Waals surface area contributed by atoms with Crippen LogP contribution in [-0.4, -0.2) is 56.3 Å². The normalized spacial score (nSPS) is 16.9. The van der Waals surface area contributed by atoms with E-state index in [1.807, 2.05) is 26.0 Å². The van der Waals surface area contributed by atoms with Gasteiger partial charge in [-0.3, -0.25) is 9.69 Å². The highest BCUT2D eigenvalue weighted by atomic mass is 16.5. The Bertz CT molecular complexity index is 539. The number of carbonyl (C=O) groups is 1. The van der Waals surface area contributed by atoms with Crippen molar-refractivity contribution in [1.82, 2.24) is 10.2 Å². The van der Waals surface area contributed by atoms with Crippen molar-refractivity contribution in [3.63, 3.8) is 0 Å². The Kier molecular flexibility index (Phi) is 7.06. The average molecular weight is 334 g/mol. The van der Waals surface area contributed by atoms with Crippen molar-refractivity contribution in [2.45, 2.75) is 33.7 Å². The maximum Gasteiger partial charge on any atom is 0.257 e. The van der Waals surface area contributed by atoms with Crippen LogP contribution in [0.1, 0.15) is 25.0 Å². The molecule has 1 aliphatic rings. The number of carbonyl (C=O) groups excluding carboxylic acids is 1. The topological polar surface area (TPSA) is 50.8 Å². The van der Waals surface area contributed by atoms with Gasteiger partial charge in [0, 0.05) is 25.7 Å². The molecule has 0 radical (unpaired) electrons. The number of benzene rings is 1. The van der Waals surface area contributed by atoms with Crippen molar-refractivity contribution in [2.24, 2.45) is 5.92 Å². The second kappa shape index (κ2) is 9.04. The zero-order valence-corrected chi connectivity index (χ0v) is 15.3. The highest BCUT2D eigenvalue weighted by Crippen LogP contribution is 2.18. The fourth-order valence-electron chi connectivity index (χ4n) is 3.07. The summed E-state index contributed by atoms with van der Waals surface area (Å²) in [6.07, 6.45) is 0. The van der Waals surface area contributed by atoms with E-state index in [9.17, 15) is 4.79 Å². The third kappa shape index (κ3) is 5.49. The lowest BCUT2D eigenvalue weighted by Gasteiger charge is -2.36. The first-order valence-electron chi connectivity index (χ1n) is 8.76. The van der Waals surface area contributed by atoms with E-state index in [1.54, 1.807) is 0 Å². The van der Waals surface area contributed by atoms with E-state index in [0.29, 0.717) is 18.5 Å². The van der Waals surface area contributed by atoms with Crippen LogP contribution in [0, 0.1) is 19.8 Å². The van der Waals surface area contributed by atoms with Crippen molar-refractivity contribution in [3.05, 3.63) is 29.3 Å². The van der Waals surface area contributed by atoms with Crippen LogP contribution in [0.4, 0.5) is 0 Å². The van der Waals surface area contributed by atoms with Gasteiger partial charge >= 0.3 is 0 Å². The van der Waals surface area contributed by atoms with Crippen molar-refractivity contribution in [2.75, 3.05) is 39.5 Å². The summed E-state index contributed by atoms with van der Waals surface area (Å²) < 4.78 is 11.1. The van der Waals surface area contributed by atoms with Crippen molar-refractivity contribution < 1.29 is 14.3 Å². The van der Waals surface area contributed by atoms with Gasteiger partial charge in [-0.15, -0.1) is 0 Å². The summed E-state index contributed by atoms with van der Waals surface area (Å²) in [6.45, 7) is 12.5. The Morgan fingerprint density at radius 2 is 2.00 bits per heavy atom. The van der Waals surface area contributed by atoms with E-state index >= 15 is 0 Å². The van der Waals surface area contributed by atoms with Crippen LogP contribution in [-0.2, 0) is 9.53 Å². The molecule has 134 valence electrons. The van der Waals surface area contributed by atoms with Gasteiger partial charge < -0.3 is 14.8 Å². The fourth-order valence-corrected chi connectivity index (χ4v) is 3.07. The number of rotatable bonds is 7. The number of hydrogen-bond acceptors (Lipinski definition) is 4. The van der Waals surface area contributed by atoms with Crippen molar-refractivity contribution >= 4 is 5.91 Å². The lowest BCUT2D eigenvalue weighted by atomic mass is 10.0. The minimum atomic E-state index is -0.0751. The fraction of sp³-hybridized carbons (Fsp3) is 0.632. The first kappa shape index (κ1) is 18.7. The maximum absolute atomic E-state index is 12.1. The van der Waals surface area contributed by atoms with Gasteiger partial charge in [0.15, 0.2) is 6.61 Å². The Hall–Kier alpha value is -1.59. The summed E-state index contributed by atoms with van der Waals surface area (Å²) in [5, 5.41) is 3.02. The zero-order valence-electron chi connectivity index (χ0n) is 15.3. The number of amides is 1. The summed E-state index contributed by atoms with van der Waals surface area (Å²) in [5.74, 6) is 1.17. The first-order chi connectivity index (χ1) is 11.5. The van der Waals surface area contributed by atoms with Crippen LogP contribution in [0.15, 0.2) is 18.2 Å². The Morgan fingerprint density at radius 1 is 1.29 bits per heavy atom. The second-order valence-corrected chi connectivity index (χ2v) is 6.82. The minimum absolute atomic E-state index is 0.0534. The van der Waals surface area contributed by atoms with Gasteiger partial charge in [0.2, 0.25) is 0 Å². The molecule has 1 heterocycles. The van der Waals surface area contributed by atoms with E-state index in [1.165, 1.54) is 5.56 Å². The van der Waals surface area contributed by atoms with Gasteiger partial charge in [-0.25, -0.2) is 0 Å². The average Bonchev–Trinajstić information content (AvgIpc) is 2.55. The molecule has 5 nitrogen and oxygen atoms in total. The van der Waals surface area contributed by atoms with Crippen LogP contribution in [0.25, 0.3) is 0 Å². The van der Waals surface area contributed by atoms with E-state index in [0.717, 1.165) is 37.6 Å². The predicted molar refractivity (Wildman–Crippen MR) is 95.4 cm³/mol. The van der Waals surface area contributed by atoms with E-state index in [4.69, 9.17) is 9.47 Å². The third-order valence-corrected chi connectivity index (χ3v) is 4.48. The molecule has 1 atom stereocenters. The molecule has 0 aromatic heterocycles. The predicted octanol–water partition coefficient (Wildman–Crippen LogP) is 2.16. The highest BCUT2D eigenvalue weighted by Gasteiger charge is 2.24. The summed E-state index contributed by atoms with van der Waals surface area (Å²) in [4.78, 5) is 14.5. The van der Waals surface area contributed by atoms with Crippen molar-refractivity contribution in [3.8, 4) is 5.75 Å². The monoisotopic (exact) mass is 334 g/mol. The molecule has 0 saturated carbocycles. The molecular weight excluding hydrogens is 304 g/mol. The molecule has 5 heteroatoms. The van der Waals surface area contributed by atoms with Crippen LogP contribution in [0.5, 0.6) is 5.75 Å². The summed E-state index contributed by atoms with van der Waals surface area (Å²) in [7, 11) is 0. The molecule has 0 aliphatic carbocycles. The maximum atomic E-state index is 12.1. The molecule has 1 amide bonds. The number of nitrogens with zero attached hydrogens (tertiary/aromatic N) is 1. The smallest absolute Gasteiger partial charge is 0.257 e. The number of nitrogens with one attached hydrogen (secondary N) is 1. The summed E-state index contributed by atoms with van der Waals surface area (Å²) >= 11 is 0. The lowest BCUT2D eigenvalue weighted by Crippen LogP contribution is -2.51. The third-order valence-electron chi connectivity index (χ3n) is 4.48. The molecule has 0 bridgehead atoms. The zero-order chi connectivity index (χ0) is 17.5. The van der Waals surface area contributed by atoms with E-state index < -0.39 is 0 Å². The van der Waals surface area contributed by atoms with Crippen LogP contribution >= 0.6 is 0 Å². The number of aryl methyl sites for hydroxylation is 2. The lowest BCUT2D eigenvalue weighted by molar-refractivity contribution is -0.123. The molecule has 1 saturated heterocycles. The molecule has 1 unspecified atom stereocenters.